The van der Waals surface area contributed by atoms with E-state index >= 15 is 0 Å². The topological polar surface area (TPSA) is 46.2 Å². The monoisotopic (exact) mass is 77.0 g/mol. The van der Waals surface area contributed by atoms with E-state index in [4.69, 9.17) is 10.5 Å². The van der Waals surface area contributed by atoms with Crippen LogP contribution < -0.4 is 5.73 Å². The molecule has 0 rings (SSSR count). The molecular weight excluding hydrogens is 70.1 g/mol. The molecule has 0 aromatic carbocycles. The van der Waals surface area contributed by atoms with Gasteiger partial charge in [0.05, 0.1) is 0 Å². The molecule has 3 N–H and O–H groups in total. The van der Waals surface area contributed by atoms with E-state index in [2.05, 4.69) is 0 Å². The summed E-state index contributed by atoms with van der Waals surface area (Å²) in [6.07, 6.45) is 0.514. The van der Waals surface area contributed by atoms with E-state index in [1.165, 1.54) is 0 Å². The molecule has 0 heterocycles. The Morgan fingerprint density at radius 2 is 2.25 bits per heavy atom. The number of rotatable bonds is 1. The molecule has 0 saturated heterocycles. The van der Waals surface area contributed by atoms with Crippen LogP contribution in [0.25, 0.3) is 0 Å². The second-order valence-electron chi connectivity index (χ2n) is 0.512. The van der Waals surface area contributed by atoms with Gasteiger partial charge in [-0.25, -0.2) is 0 Å². The van der Waals surface area contributed by atoms with E-state index in [1.807, 2.05) is 0 Å². The lowest BCUT2D eigenvalue weighted by Gasteiger charge is -1.68. The highest BCUT2D eigenvalue weighted by molar-refractivity contribution is 6.25. The maximum Gasteiger partial charge on any atom is 0.170 e. The second kappa shape index (κ2) is 3.14. The van der Waals surface area contributed by atoms with Crippen molar-refractivity contribution in [2.24, 2.45) is 5.73 Å². The van der Waals surface area contributed by atoms with Gasteiger partial charge in [-0.05, 0) is 0 Å². The maximum atomic E-state index is 7.89. The molecule has 0 aliphatic rings. The smallest absolute Gasteiger partial charge is 0.170 e. The fraction of sp³-hybridized carbons (Fsp3) is 1.00. The van der Waals surface area contributed by atoms with Gasteiger partial charge in [-0.2, -0.15) is 0 Å². The van der Waals surface area contributed by atoms with Crippen LogP contribution in [0.1, 0.15) is 0 Å². The SMILES string of the molecule is NC[SiH2]O. The van der Waals surface area contributed by atoms with Gasteiger partial charge < -0.3 is 10.5 Å². The first kappa shape index (κ1) is 4.14. The molecule has 0 saturated carbocycles. The summed E-state index contributed by atoms with van der Waals surface area (Å²) in [5.41, 5.74) is 4.84. The maximum absolute atomic E-state index is 7.89. The van der Waals surface area contributed by atoms with Gasteiger partial charge in [0.15, 0.2) is 9.76 Å². The van der Waals surface area contributed by atoms with Crippen LogP contribution in [0, 0.1) is 0 Å². The minimum absolute atomic E-state index is 0.514. The Kier molecular flexibility index (Phi) is 3.24. The van der Waals surface area contributed by atoms with Gasteiger partial charge in [0.1, 0.15) is 0 Å². The third-order valence-corrected chi connectivity index (χ3v) is 0.387. The molecule has 0 unspecified atom stereocenters. The van der Waals surface area contributed by atoms with E-state index in [0.717, 1.165) is 0 Å². The molecule has 0 aliphatic heterocycles. The Bertz CT molecular complexity index is 10.0. The summed E-state index contributed by atoms with van der Waals surface area (Å²) in [4.78, 5) is 7.89. The Labute approximate surface area is 27.6 Å². The van der Waals surface area contributed by atoms with Crippen molar-refractivity contribution in [3.05, 3.63) is 0 Å². The first-order valence-corrected chi connectivity index (χ1v) is 2.86. The van der Waals surface area contributed by atoms with Crippen molar-refractivity contribution in [3.8, 4) is 0 Å². The third kappa shape index (κ3) is 2.14. The highest BCUT2D eigenvalue weighted by Gasteiger charge is 1.60. The summed E-state index contributed by atoms with van der Waals surface area (Å²) >= 11 is 0. The predicted molar refractivity (Wildman–Crippen MR) is 19.8 cm³/mol. The van der Waals surface area contributed by atoms with Crippen LogP contribution in [-0.4, -0.2) is 20.7 Å². The Morgan fingerprint density at radius 3 is 2.25 bits per heavy atom. The first-order valence-electron chi connectivity index (χ1n) is 1.22. The standard InChI is InChI=1S/CH7NOSi/c2-1-4-3/h3H,1-2,4H2. The van der Waals surface area contributed by atoms with Crippen LogP contribution in [0.15, 0.2) is 0 Å². The second-order valence-corrected chi connectivity index (χ2v) is 1.54. The van der Waals surface area contributed by atoms with E-state index in [0.29, 0.717) is 6.17 Å². The average molecular weight is 77.2 g/mol. The summed E-state index contributed by atoms with van der Waals surface area (Å²) in [6, 6.07) is 0. The molecule has 0 spiro atoms. The lowest BCUT2D eigenvalue weighted by molar-refractivity contribution is 0.602. The van der Waals surface area contributed by atoms with Crippen molar-refractivity contribution in [2.75, 3.05) is 6.17 Å². The highest BCUT2D eigenvalue weighted by atomic mass is 28.2. The molecule has 0 aromatic heterocycles. The molecule has 0 aliphatic carbocycles. The van der Waals surface area contributed by atoms with Gasteiger partial charge in [0, 0.05) is 6.17 Å². The van der Waals surface area contributed by atoms with Crippen LogP contribution in [0.4, 0.5) is 0 Å². The van der Waals surface area contributed by atoms with E-state index in [9.17, 15) is 0 Å². The molecule has 0 fully saturated rings. The van der Waals surface area contributed by atoms with Gasteiger partial charge in [-0.15, -0.1) is 0 Å². The quantitative estimate of drug-likeness (QED) is 0.355. The molecule has 26 valence electrons. The number of hydrogen-bond acceptors (Lipinski definition) is 2. The van der Waals surface area contributed by atoms with Crippen LogP contribution in [0.5, 0.6) is 0 Å². The number of nitrogens with two attached hydrogens (primary N) is 1. The minimum atomic E-state index is -0.798. The van der Waals surface area contributed by atoms with Gasteiger partial charge in [-0.1, -0.05) is 0 Å². The van der Waals surface area contributed by atoms with Crippen molar-refractivity contribution in [3.63, 3.8) is 0 Å². The number of hydrogen-bond donors (Lipinski definition) is 2. The summed E-state index contributed by atoms with van der Waals surface area (Å²) in [7, 11) is -0.798. The van der Waals surface area contributed by atoms with Crippen LogP contribution >= 0.6 is 0 Å². The van der Waals surface area contributed by atoms with Crippen molar-refractivity contribution >= 4 is 9.76 Å². The lowest BCUT2D eigenvalue weighted by atomic mass is 11.5. The van der Waals surface area contributed by atoms with Gasteiger partial charge in [0.2, 0.25) is 0 Å². The summed E-state index contributed by atoms with van der Waals surface area (Å²) in [5.74, 6) is 0. The Hall–Kier alpha value is 0.137. The molecule has 0 amide bonds. The summed E-state index contributed by atoms with van der Waals surface area (Å²) in [6.45, 7) is 0. The normalized spacial score (nSPS) is 10.5. The molecule has 0 bridgehead atoms. The largest absolute Gasteiger partial charge is 0.437 e. The van der Waals surface area contributed by atoms with Crippen LogP contribution in [0.3, 0.4) is 0 Å². The van der Waals surface area contributed by atoms with E-state index in [-0.39, 0.29) is 0 Å². The van der Waals surface area contributed by atoms with Crippen LogP contribution in [0.2, 0.25) is 0 Å². The van der Waals surface area contributed by atoms with Crippen molar-refractivity contribution < 1.29 is 4.80 Å². The molecule has 0 aromatic rings. The average Bonchev–Trinajstić information content (AvgIpc) is 1.37. The molecule has 4 heavy (non-hydrogen) atoms. The minimum Gasteiger partial charge on any atom is -0.437 e. The zero-order valence-electron chi connectivity index (χ0n) is 2.44. The first-order chi connectivity index (χ1) is 1.91. The fourth-order valence-corrected chi connectivity index (χ4v) is 0. The van der Waals surface area contributed by atoms with Gasteiger partial charge in [-0.3, -0.25) is 0 Å². The zero-order chi connectivity index (χ0) is 3.41. The highest BCUT2D eigenvalue weighted by Crippen LogP contribution is 1.25. The van der Waals surface area contributed by atoms with Crippen LogP contribution in [-0.2, 0) is 0 Å². The van der Waals surface area contributed by atoms with Gasteiger partial charge in [0.25, 0.3) is 0 Å². The van der Waals surface area contributed by atoms with E-state index < -0.39 is 9.76 Å². The predicted octanol–water partition coefficient (Wildman–Crippen LogP) is -2.02. The van der Waals surface area contributed by atoms with Crippen molar-refractivity contribution in [1.29, 1.82) is 0 Å². The van der Waals surface area contributed by atoms with Crippen molar-refractivity contribution in [1.82, 2.24) is 0 Å². The lowest BCUT2D eigenvalue weighted by Crippen LogP contribution is -2.06. The molecule has 0 atom stereocenters. The summed E-state index contributed by atoms with van der Waals surface area (Å²) < 4.78 is 0. The third-order valence-electron chi connectivity index (χ3n) is 0.129. The van der Waals surface area contributed by atoms with Crippen molar-refractivity contribution in [2.45, 2.75) is 0 Å². The van der Waals surface area contributed by atoms with E-state index in [1.54, 1.807) is 0 Å². The Balaban J connectivity index is 1.97. The molecule has 0 radical (unpaired) electrons. The molecular formula is CH7NOSi. The molecule has 3 heteroatoms. The summed E-state index contributed by atoms with van der Waals surface area (Å²) in [5, 5.41) is 0. The fourth-order valence-electron chi connectivity index (χ4n) is 0. The zero-order valence-corrected chi connectivity index (χ0v) is 3.85. The van der Waals surface area contributed by atoms with Gasteiger partial charge >= 0.3 is 0 Å². The molecule has 2 nitrogen and oxygen atoms in total. The Morgan fingerprint density at radius 1 is 2.00 bits per heavy atom.